The van der Waals surface area contributed by atoms with Crippen molar-refractivity contribution in [1.82, 2.24) is 10.3 Å². The Bertz CT molecular complexity index is 494. The van der Waals surface area contributed by atoms with Gasteiger partial charge in [0.2, 0.25) is 0 Å². The van der Waals surface area contributed by atoms with Crippen LogP contribution in [0.15, 0.2) is 42.5 Å². The molecule has 1 aromatic heterocycles. The van der Waals surface area contributed by atoms with Crippen LogP contribution in [0.4, 0.5) is 0 Å². The number of aromatic nitrogens is 1. The number of nitrogens with zero attached hydrogens (tertiary/aromatic N) is 1. The lowest BCUT2D eigenvalue weighted by molar-refractivity contribution is 0.295. The second kappa shape index (κ2) is 7.50. The molecule has 4 nitrogen and oxygen atoms in total. The van der Waals surface area contributed by atoms with Crippen LogP contribution < -0.4 is 14.8 Å². The van der Waals surface area contributed by atoms with E-state index in [1.807, 2.05) is 56.4 Å². The second-order valence-electron chi connectivity index (χ2n) is 4.35. The van der Waals surface area contributed by atoms with Crippen molar-refractivity contribution in [1.29, 1.82) is 0 Å². The molecule has 1 heterocycles. The molecule has 106 valence electrons. The highest BCUT2D eigenvalue weighted by molar-refractivity contribution is 5.33. The van der Waals surface area contributed by atoms with E-state index in [0.717, 1.165) is 29.4 Å². The number of ether oxygens (including phenoxy) is 2. The van der Waals surface area contributed by atoms with Gasteiger partial charge in [-0.3, -0.25) is 4.98 Å². The zero-order valence-corrected chi connectivity index (χ0v) is 11.9. The maximum atomic E-state index is 5.75. The Labute approximate surface area is 119 Å². The van der Waals surface area contributed by atoms with E-state index in [9.17, 15) is 0 Å². The van der Waals surface area contributed by atoms with Crippen molar-refractivity contribution < 1.29 is 9.47 Å². The van der Waals surface area contributed by atoms with Crippen LogP contribution in [0.3, 0.4) is 0 Å². The summed E-state index contributed by atoms with van der Waals surface area (Å²) in [7, 11) is 1.91. The maximum absolute atomic E-state index is 5.75. The summed E-state index contributed by atoms with van der Waals surface area (Å²) in [6.45, 7) is 3.82. The number of hydrogen-bond acceptors (Lipinski definition) is 4. The first-order valence-electron chi connectivity index (χ1n) is 6.77. The molecule has 0 unspecified atom stereocenters. The van der Waals surface area contributed by atoms with E-state index in [0.29, 0.717) is 13.2 Å². The van der Waals surface area contributed by atoms with Gasteiger partial charge >= 0.3 is 0 Å². The minimum Gasteiger partial charge on any atom is -0.494 e. The Balaban J connectivity index is 1.97. The first-order chi connectivity index (χ1) is 9.81. The van der Waals surface area contributed by atoms with Gasteiger partial charge in [0.15, 0.2) is 0 Å². The molecule has 0 saturated heterocycles. The average Bonchev–Trinajstić information content (AvgIpc) is 2.47. The van der Waals surface area contributed by atoms with Crippen LogP contribution in [0.2, 0.25) is 0 Å². The van der Waals surface area contributed by atoms with Gasteiger partial charge in [-0.2, -0.15) is 0 Å². The molecular formula is C16H20N2O2. The quantitative estimate of drug-likeness (QED) is 0.841. The maximum Gasteiger partial charge on any atom is 0.130 e. The van der Waals surface area contributed by atoms with E-state index in [1.54, 1.807) is 0 Å². The largest absolute Gasteiger partial charge is 0.494 e. The molecule has 1 N–H and O–H groups in total. The van der Waals surface area contributed by atoms with Crippen molar-refractivity contribution in [2.45, 2.75) is 20.1 Å². The highest BCUT2D eigenvalue weighted by atomic mass is 16.5. The molecule has 2 aromatic rings. The van der Waals surface area contributed by atoms with Crippen LogP contribution in [0.5, 0.6) is 11.5 Å². The lowest BCUT2D eigenvalue weighted by atomic mass is 10.3. The van der Waals surface area contributed by atoms with Crippen LogP contribution in [0.25, 0.3) is 0 Å². The van der Waals surface area contributed by atoms with Gasteiger partial charge in [0, 0.05) is 12.6 Å². The lowest BCUT2D eigenvalue weighted by Crippen LogP contribution is -2.08. The fourth-order valence-corrected chi connectivity index (χ4v) is 1.87. The van der Waals surface area contributed by atoms with Gasteiger partial charge in [-0.05, 0) is 38.2 Å². The molecule has 2 rings (SSSR count). The Morgan fingerprint density at radius 1 is 1.00 bits per heavy atom. The molecule has 0 atom stereocenters. The Hall–Kier alpha value is -2.07. The minimum absolute atomic E-state index is 0.452. The van der Waals surface area contributed by atoms with Crippen molar-refractivity contribution >= 4 is 0 Å². The summed E-state index contributed by atoms with van der Waals surface area (Å²) in [5.41, 5.74) is 1.93. The number of nitrogens with one attached hydrogen (secondary N) is 1. The molecule has 0 radical (unpaired) electrons. The molecule has 0 aliphatic carbocycles. The number of benzene rings is 1. The van der Waals surface area contributed by atoms with Crippen molar-refractivity contribution in [2.75, 3.05) is 13.7 Å². The van der Waals surface area contributed by atoms with Crippen LogP contribution in [0, 0.1) is 0 Å². The Kier molecular flexibility index (Phi) is 5.38. The van der Waals surface area contributed by atoms with E-state index >= 15 is 0 Å². The molecule has 4 heteroatoms. The molecule has 0 spiro atoms. The van der Waals surface area contributed by atoms with E-state index < -0.39 is 0 Å². The topological polar surface area (TPSA) is 43.4 Å². The van der Waals surface area contributed by atoms with Crippen molar-refractivity contribution in [3.05, 3.63) is 53.9 Å². The van der Waals surface area contributed by atoms with Gasteiger partial charge in [0.25, 0.3) is 0 Å². The van der Waals surface area contributed by atoms with E-state index in [1.165, 1.54) is 0 Å². The van der Waals surface area contributed by atoms with Gasteiger partial charge < -0.3 is 14.8 Å². The van der Waals surface area contributed by atoms with Gasteiger partial charge in [0.1, 0.15) is 18.1 Å². The molecule has 0 saturated carbocycles. The second-order valence-corrected chi connectivity index (χ2v) is 4.35. The summed E-state index contributed by atoms with van der Waals surface area (Å²) in [5, 5.41) is 3.09. The fourth-order valence-electron chi connectivity index (χ4n) is 1.87. The summed E-state index contributed by atoms with van der Waals surface area (Å²) < 4.78 is 11.2. The lowest BCUT2D eigenvalue weighted by Gasteiger charge is -2.09. The van der Waals surface area contributed by atoms with E-state index in [4.69, 9.17) is 9.47 Å². The predicted molar refractivity (Wildman–Crippen MR) is 78.9 cm³/mol. The highest BCUT2D eigenvalue weighted by Gasteiger charge is 2.01. The highest BCUT2D eigenvalue weighted by Crippen LogP contribution is 2.20. The van der Waals surface area contributed by atoms with Crippen molar-refractivity contribution in [2.24, 2.45) is 0 Å². The van der Waals surface area contributed by atoms with E-state index in [-0.39, 0.29) is 0 Å². The minimum atomic E-state index is 0.452. The third kappa shape index (κ3) is 4.24. The first kappa shape index (κ1) is 14.3. The van der Waals surface area contributed by atoms with Gasteiger partial charge in [-0.15, -0.1) is 0 Å². The van der Waals surface area contributed by atoms with Crippen LogP contribution >= 0.6 is 0 Å². The SMILES string of the molecule is CCOc1cccc(OCc2cccc(CNC)n2)c1. The Morgan fingerprint density at radius 2 is 1.70 bits per heavy atom. The summed E-state index contributed by atoms with van der Waals surface area (Å²) in [6.07, 6.45) is 0. The molecule has 0 aliphatic heterocycles. The predicted octanol–water partition coefficient (Wildman–Crippen LogP) is 2.78. The van der Waals surface area contributed by atoms with E-state index in [2.05, 4.69) is 10.3 Å². The molecule has 20 heavy (non-hydrogen) atoms. The van der Waals surface area contributed by atoms with Gasteiger partial charge in [-0.1, -0.05) is 12.1 Å². The van der Waals surface area contributed by atoms with Crippen LogP contribution in [-0.4, -0.2) is 18.6 Å². The molecule has 0 fully saturated rings. The number of hydrogen-bond donors (Lipinski definition) is 1. The zero-order valence-electron chi connectivity index (χ0n) is 11.9. The van der Waals surface area contributed by atoms with Gasteiger partial charge in [0.05, 0.1) is 18.0 Å². The molecular weight excluding hydrogens is 252 g/mol. The molecule has 1 aromatic carbocycles. The average molecular weight is 272 g/mol. The fraction of sp³-hybridized carbons (Fsp3) is 0.312. The third-order valence-electron chi connectivity index (χ3n) is 2.73. The summed E-state index contributed by atoms with van der Waals surface area (Å²) in [5.74, 6) is 1.61. The molecule has 0 aliphatic rings. The van der Waals surface area contributed by atoms with Crippen LogP contribution in [0.1, 0.15) is 18.3 Å². The van der Waals surface area contributed by atoms with Crippen molar-refractivity contribution in [3.8, 4) is 11.5 Å². The smallest absolute Gasteiger partial charge is 0.130 e. The number of pyridine rings is 1. The van der Waals surface area contributed by atoms with Gasteiger partial charge in [-0.25, -0.2) is 0 Å². The zero-order chi connectivity index (χ0) is 14.2. The Morgan fingerprint density at radius 3 is 2.45 bits per heavy atom. The summed E-state index contributed by atoms with van der Waals surface area (Å²) >= 11 is 0. The monoisotopic (exact) mass is 272 g/mol. The molecule has 0 amide bonds. The standard InChI is InChI=1S/C16H20N2O2/c1-3-19-15-8-5-9-16(10-15)20-12-14-7-4-6-13(18-14)11-17-2/h4-10,17H,3,11-12H2,1-2H3. The van der Waals surface area contributed by atoms with Crippen molar-refractivity contribution in [3.63, 3.8) is 0 Å². The summed E-state index contributed by atoms with van der Waals surface area (Å²) in [4.78, 5) is 4.52. The number of rotatable bonds is 7. The molecule has 0 bridgehead atoms. The first-order valence-corrected chi connectivity index (χ1v) is 6.77. The summed E-state index contributed by atoms with van der Waals surface area (Å²) in [6, 6.07) is 13.6. The van der Waals surface area contributed by atoms with Crippen LogP contribution in [-0.2, 0) is 13.2 Å². The third-order valence-corrected chi connectivity index (χ3v) is 2.73. The normalized spacial score (nSPS) is 10.3.